The molecule has 1 atom stereocenters. The van der Waals surface area contributed by atoms with E-state index in [4.69, 9.17) is 9.84 Å². The van der Waals surface area contributed by atoms with Crippen molar-refractivity contribution in [3.63, 3.8) is 0 Å². The molecule has 7 heteroatoms. The van der Waals surface area contributed by atoms with Crippen LogP contribution >= 0.6 is 0 Å². The SMILES string of the molecule is COCCS(=O)Cc1cccc(NC(=O)CC(C)(C)C(=O)O)c1. The smallest absolute Gasteiger partial charge is 0.309 e. The van der Waals surface area contributed by atoms with Crippen molar-refractivity contribution in [2.45, 2.75) is 26.0 Å². The number of anilines is 1. The lowest BCUT2D eigenvalue weighted by molar-refractivity contribution is -0.148. The zero-order chi connectivity index (χ0) is 17.5. The van der Waals surface area contributed by atoms with Crippen LogP contribution in [0.4, 0.5) is 5.69 Å². The zero-order valence-corrected chi connectivity index (χ0v) is 14.4. The monoisotopic (exact) mass is 341 g/mol. The molecule has 0 bridgehead atoms. The van der Waals surface area contributed by atoms with Gasteiger partial charge in [-0.2, -0.15) is 0 Å². The van der Waals surface area contributed by atoms with Crippen molar-refractivity contribution in [2.24, 2.45) is 5.41 Å². The molecule has 1 unspecified atom stereocenters. The van der Waals surface area contributed by atoms with E-state index in [1.54, 1.807) is 25.3 Å². The molecule has 0 fully saturated rings. The topological polar surface area (TPSA) is 92.7 Å². The second-order valence-electron chi connectivity index (χ2n) is 5.90. The highest BCUT2D eigenvalue weighted by atomic mass is 32.2. The van der Waals surface area contributed by atoms with Crippen molar-refractivity contribution in [2.75, 3.05) is 24.8 Å². The summed E-state index contributed by atoms with van der Waals surface area (Å²) in [7, 11) is 0.532. The van der Waals surface area contributed by atoms with E-state index in [2.05, 4.69) is 5.32 Å². The van der Waals surface area contributed by atoms with Crippen LogP contribution in [-0.2, 0) is 30.9 Å². The summed E-state index contributed by atoms with van der Waals surface area (Å²) in [6, 6.07) is 7.06. The van der Waals surface area contributed by atoms with Gasteiger partial charge >= 0.3 is 5.97 Å². The number of hydrogen-bond donors (Lipinski definition) is 2. The van der Waals surface area contributed by atoms with Crippen LogP contribution < -0.4 is 5.32 Å². The van der Waals surface area contributed by atoms with Crippen molar-refractivity contribution in [1.82, 2.24) is 0 Å². The number of hydrogen-bond acceptors (Lipinski definition) is 4. The molecule has 0 radical (unpaired) electrons. The van der Waals surface area contributed by atoms with Gasteiger partial charge in [0.25, 0.3) is 0 Å². The first-order valence-electron chi connectivity index (χ1n) is 7.20. The number of ether oxygens (including phenoxy) is 1. The maximum Gasteiger partial charge on any atom is 0.309 e. The molecule has 1 rings (SSSR count). The lowest BCUT2D eigenvalue weighted by Crippen LogP contribution is -2.29. The predicted molar refractivity (Wildman–Crippen MR) is 89.7 cm³/mol. The summed E-state index contributed by atoms with van der Waals surface area (Å²) in [6.07, 6.45) is -0.119. The minimum Gasteiger partial charge on any atom is -0.481 e. The first-order chi connectivity index (χ1) is 10.7. The van der Waals surface area contributed by atoms with Crippen molar-refractivity contribution in [1.29, 1.82) is 0 Å². The summed E-state index contributed by atoms with van der Waals surface area (Å²) in [5.74, 6) is -0.543. The number of carbonyl (C=O) groups is 2. The quantitative estimate of drug-likeness (QED) is 0.717. The fraction of sp³-hybridized carbons (Fsp3) is 0.500. The number of aliphatic carboxylic acids is 1. The van der Waals surface area contributed by atoms with Crippen LogP contribution in [0.1, 0.15) is 25.8 Å². The molecule has 0 saturated carbocycles. The van der Waals surface area contributed by atoms with Crippen LogP contribution in [0.15, 0.2) is 24.3 Å². The van der Waals surface area contributed by atoms with Gasteiger partial charge in [-0.25, -0.2) is 0 Å². The number of carbonyl (C=O) groups excluding carboxylic acids is 1. The third-order valence-corrected chi connectivity index (χ3v) is 4.51. The van der Waals surface area contributed by atoms with E-state index in [1.807, 2.05) is 6.07 Å². The highest BCUT2D eigenvalue weighted by Crippen LogP contribution is 2.21. The fourth-order valence-electron chi connectivity index (χ4n) is 1.86. The highest BCUT2D eigenvalue weighted by Gasteiger charge is 2.30. The van der Waals surface area contributed by atoms with Gasteiger partial charge in [0.05, 0.1) is 12.0 Å². The summed E-state index contributed by atoms with van der Waals surface area (Å²) in [5, 5.41) is 11.7. The molecule has 6 nitrogen and oxygen atoms in total. The van der Waals surface area contributed by atoms with E-state index in [-0.39, 0.29) is 12.3 Å². The molecule has 0 saturated heterocycles. The van der Waals surface area contributed by atoms with E-state index in [0.717, 1.165) is 5.56 Å². The molecule has 0 aliphatic carbocycles. The Morgan fingerprint density at radius 2 is 2.04 bits per heavy atom. The fourth-order valence-corrected chi connectivity index (χ4v) is 2.90. The molecule has 0 heterocycles. The Kier molecular flexibility index (Phi) is 7.38. The van der Waals surface area contributed by atoms with Gasteiger partial charge in [0.15, 0.2) is 0 Å². The maximum atomic E-state index is 12.0. The molecule has 128 valence electrons. The highest BCUT2D eigenvalue weighted by molar-refractivity contribution is 7.84. The minimum absolute atomic E-state index is 0.119. The molecule has 0 aromatic heterocycles. The number of rotatable bonds is 9. The number of methoxy groups -OCH3 is 1. The Bertz CT molecular complexity index is 586. The second-order valence-corrected chi connectivity index (χ2v) is 7.47. The lowest BCUT2D eigenvalue weighted by atomic mass is 9.89. The van der Waals surface area contributed by atoms with E-state index in [9.17, 15) is 13.8 Å². The summed E-state index contributed by atoms with van der Waals surface area (Å²) in [5.41, 5.74) is 0.288. The van der Waals surface area contributed by atoms with Gasteiger partial charge in [0, 0.05) is 41.5 Å². The Labute approximate surface area is 138 Å². The van der Waals surface area contributed by atoms with Crippen LogP contribution in [0, 0.1) is 5.41 Å². The largest absolute Gasteiger partial charge is 0.481 e. The molecule has 1 aromatic carbocycles. The molecule has 0 aliphatic heterocycles. The van der Waals surface area contributed by atoms with Gasteiger partial charge in [-0.3, -0.25) is 13.8 Å². The molecule has 1 amide bonds. The van der Waals surface area contributed by atoms with Crippen LogP contribution in [-0.4, -0.2) is 40.7 Å². The maximum absolute atomic E-state index is 12.0. The normalized spacial score (nSPS) is 12.7. The van der Waals surface area contributed by atoms with E-state index < -0.39 is 22.2 Å². The summed E-state index contributed by atoms with van der Waals surface area (Å²) < 4.78 is 16.7. The molecular weight excluding hydrogens is 318 g/mol. The van der Waals surface area contributed by atoms with Gasteiger partial charge in [-0.15, -0.1) is 0 Å². The molecule has 0 aliphatic rings. The number of nitrogens with one attached hydrogen (secondary N) is 1. The van der Waals surface area contributed by atoms with Gasteiger partial charge in [0.1, 0.15) is 0 Å². The Morgan fingerprint density at radius 3 is 2.65 bits per heavy atom. The van der Waals surface area contributed by atoms with Crippen LogP contribution in [0.2, 0.25) is 0 Å². The van der Waals surface area contributed by atoms with E-state index >= 15 is 0 Å². The number of carboxylic acid groups (broad SMARTS) is 1. The van der Waals surface area contributed by atoms with Crippen molar-refractivity contribution in [3.8, 4) is 0 Å². The van der Waals surface area contributed by atoms with Crippen molar-refractivity contribution >= 4 is 28.4 Å². The Balaban J connectivity index is 2.65. The minimum atomic E-state index is -1.12. The predicted octanol–water partition coefficient (Wildman–Crippen LogP) is 2.02. The average Bonchev–Trinajstić information content (AvgIpc) is 2.44. The zero-order valence-electron chi connectivity index (χ0n) is 13.6. The molecule has 0 spiro atoms. The second kappa shape index (κ2) is 8.79. The van der Waals surface area contributed by atoms with Crippen LogP contribution in [0.25, 0.3) is 0 Å². The van der Waals surface area contributed by atoms with Gasteiger partial charge < -0.3 is 15.2 Å². The van der Waals surface area contributed by atoms with Crippen molar-refractivity contribution < 1.29 is 23.6 Å². The molecular formula is C16H23NO5S. The summed E-state index contributed by atoms with van der Waals surface area (Å²) in [6.45, 7) is 3.45. The number of amides is 1. The third-order valence-electron chi connectivity index (χ3n) is 3.23. The van der Waals surface area contributed by atoms with Crippen LogP contribution in [0.3, 0.4) is 0 Å². The molecule has 23 heavy (non-hydrogen) atoms. The third kappa shape index (κ3) is 6.92. The standard InChI is InChI=1S/C16H23NO5S/c1-16(2,15(19)20)10-14(18)17-13-6-4-5-12(9-13)11-23(21)8-7-22-3/h4-6,9H,7-8,10-11H2,1-3H3,(H,17,18)(H,19,20). The Hall–Kier alpha value is -1.73. The molecule has 1 aromatic rings. The van der Waals surface area contributed by atoms with Gasteiger partial charge in [-0.1, -0.05) is 12.1 Å². The lowest BCUT2D eigenvalue weighted by Gasteiger charge is -2.18. The number of carboxylic acids is 1. The first kappa shape index (κ1) is 19.3. The van der Waals surface area contributed by atoms with Gasteiger partial charge in [0.2, 0.25) is 5.91 Å². The van der Waals surface area contributed by atoms with Crippen molar-refractivity contribution in [3.05, 3.63) is 29.8 Å². The summed E-state index contributed by atoms with van der Waals surface area (Å²) in [4.78, 5) is 23.0. The first-order valence-corrected chi connectivity index (χ1v) is 8.69. The summed E-state index contributed by atoms with van der Waals surface area (Å²) >= 11 is 0. The molecule has 2 N–H and O–H groups in total. The van der Waals surface area contributed by atoms with Gasteiger partial charge in [-0.05, 0) is 31.5 Å². The van der Waals surface area contributed by atoms with Crippen LogP contribution in [0.5, 0.6) is 0 Å². The average molecular weight is 341 g/mol. The van der Waals surface area contributed by atoms with E-state index in [1.165, 1.54) is 13.8 Å². The Morgan fingerprint density at radius 1 is 1.35 bits per heavy atom. The number of benzene rings is 1. The van der Waals surface area contributed by atoms with E-state index in [0.29, 0.717) is 23.8 Å².